The molecule has 1 aliphatic rings. The zero-order valence-corrected chi connectivity index (χ0v) is 10.6. The van der Waals surface area contributed by atoms with Crippen molar-refractivity contribution in [1.82, 2.24) is 10.4 Å². The van der Waals surface area contributed by atoms with E-state index in [1.165, 1.54) is 0 Å². The fourth-order valence-corrected chi connectivity index (χ4v) is 2.04. The average molecular weight is 255 g/mol. The van der Waals surface area contributed by atoms with E-state index in [0.717, 1.165) is 29.8 Å². The maximum absolute atomic E-state index is 5.81. The molecule has 1 aromatic carbocycles. The van der Waals surface area contributed by atoms with Crippen LogP contribution in [0.2, 0.25) is 0 Å². The van der Waals surface area contributed by atoms with E-state index >= 15 is 0 Å². The number of aromatic nitrogens is 1. The number of hydrogen-bond acceptors (Lipinski definition) is 4. The summed E-state index contributed by atoms with van der Waals surface area (Å²) in [6.45, 7) is 0. The number of hydrogen-bond donors (Lipinski definition) is 2. The predicted octanol–water partition coefficient (Wildman–Crippen LogP) is 2.18. The maximum atomic E-state index is 5.81. The Bertz CT molecular complexity index is 540. The number of nitrogens with zero attached hydrogens (tertiary/aromatic N) is 1. The average Bonchev–Trinajstić information content (AvgIpc) is 3.25. The van der Waals surface area contributed by atoms with Crippen LogP contribution in [0.4, 0.5) is 0 Å². The van der Waals surface area contributed by atoms with E-state index in [1.54, 1.807) is 6.20 Å². The Morgan fingerprint density at radius 2 is 2.11 bits per heavy atom. The fourth-order valence-electron chi connectivity index (χ4n) is 2.04. The number of nitrogens with one attached hydrogen (secondary N) is 1. The van der Waals surface area contributed by atoms with Gasteiger partial charge in [0.25, 0.3) is 0 Å². The number of pyridine rings is 1. The SMILES string of the molecule is NNC(c1cccc(OC2CC2)c1)c1ccccn1. The summed E-state index contributed by atoms with van der Waals surface area (Å²) < 4.78 is 5.81. The van der Waals surface area contributed by atoms with Gasteiger partial charge in [0.2, 0.25) is 0 Å². The van der Waals surface area contributed by atoms with Gasteiger partial charge in [-0.15, -0.1) is 0 Å². The molecule has 0 saturated heterocycles. The van der Waals surface area contributed by atoms with Gasteiger partial charge >= 0.3 is 0 Å². The lowest BCUT2D eigenvalue weighted by Gasteiger charge is -2.16. The quantitative estimate of drug-likeness (QED) is 0.635. The first-order valence-corrected chi connectivity index (χ1v) is 6.50. The molecule has 1 aromatic heterocycles. The number of rotatable bonds is 5. The van der Waals surface area contributed by atoms with Gasteiger partial charge < -0.3 is 4.74 Å². The van der Waals surface area contributed by atoms with Crippen molar-refractivity contribution in [1.29, 1.82) is 0 Å². The van der Waals surface area contributed by atoms with Gasteiger partial charge in [-0.25, -0.2) is 5.43 Å². The van der Waals surface area contributed by atoms with Crippen molar-refractivity contribution in [2.45, 2.75) is 25.0 Å². The molecule has 1 heterocycles. The minimum Gasteiger partial charge on any atom is -0.490 e. The standard InChI is InChI=1S/C15H17N3O/c16-18-15(14-6-1-2-9-17-14)11-4-3-5-13(10-11)19-12-7-8-12/h1-6,9-10,12,15,18H,7-8,16H2. The highest BCUT2D eigenvalue weighted by molar-refractivity contribution is 5.34. The third kappa shape index (κ3) is 2.92. The van der Waals surface area contributed by atoms with Crippen LogP contribution in [0.1, 0.15) is 30.1 Å². The van der Waals surface area contributed by atoms with Crippen molar-refractivity contribution in [2.24, 2.45) is 5.84 Å². The van der Waals surface area contributed by atoms with Crippen molar-refractivity contribution in [3.63, 3.8) is 0 Å². The van der Waals surface area contributed by atoms with Gasteiger partial charge in [-0.2, -0.15) is 0 Å². The van der Waals surface area contributed by atoms with Gasteiger partial charge in [0, 0.05) is 6.20 Å². The molecule has 0 radical (unpaired) electrons. The number of ether oxygens (including phenoxy) is 1. The van der Waals surface area contributed by atoms with Crippen molar-refractivity contribution < 1.29 is 4.74 Å². The van der Waals surface area contributed by atoms with E-state index in [2.05, 4.69) is 10.4 Å². The molecule has 1 saturated carbocycles. The summed E-state index contributed by atoms with van der Waals surface area (Å²) in [4.78, 5) is 4.35. The molecule has 4 nitrogen and oxygen atoms in total. The Morgan fingerprint density at radius 3 is 2.79 bits per heavy atom. The molecular formula is C15H17N3O. The molecule has 3 rings (SSSR count). The largest absolute Gasteiger partial charge is 0.490 e. The minimum atomic E-state index is -0.121. The van der Waals surface area contributed by atoms with Crippen LogP contribution in [0.15, 0.2) is 48.7 Å². The van der Waals surface area contributed by atoms with E-state index in [-0.39, 0.29) is 6.04 Å². The van der Waals surface area contributed by atoms with Crippen molar-refractivity contribution >= 4 is 0 Å². The highest BCUT2D eigenvalue weighted by Gasteiger charge is 2.24. The molecule has 0 bridgehead atoms. The van der Waals surface area contributed by atoms with Crippen LogP contribution in [-0.2, 0) is 0 Å². The highest BCUT2D eigenvalue weighted by Crippen LogP contribution is 2.29. The number of benzene rings is 1. The van der Waals surface area contributed by atoms with Gasteiger partial charge in [0.05, 0.1) is 17.8 Å². The second-order valence-electron chi connectivity index (χ2n) is 4.74. The lowest BCUT2D eigenvalue weighted by atomic mass is 10.0. The van der Waals surface area contributed by atoms with Gasteiger partial charge in [-0.3, -0.25) is 10.8 Å². The molecule has 19 heavy (non-hydrogen) atoms. The van der Waals surface area contributed by atoms with Crippen LogP contribution in [0.25, 0.3) is 0 Å². The summed E-state index contributed by atoms with van der Waals surface area (Å²) in [5.74, 6) is 6.57. The topological polar surface area (TPSA) is 60.2 Å². The first-order valence-electron chi connectivity index (χ1n) is 6.50. The van der Waals surface area contributed by atoms with Gasteiger partial charge in [0.1, 0.15) is 5.75 Å². The molecule has 0 amide bonds. The van der Waals surface area contributed by atoms with Crippen LogP contribution < -0.4 is 16.0 Å². The van der Waals surface area contributed by atoms with E-state index in [1.807, 2.05) is 42.5 Å². The predicted molar refractivity (Wildman–Crippen MR) is 73.5 cm³/mol. The molecule has 1 aliphatic carbocycles. The zero-order chi connectivity index (χ0) is 13.1. The normalized spacial score (nSPS) is 16.1. The molecule has 98 valence electrons. The van der Waals surface area contributed by atoms with Crippen LogP contribution in [0.3, 0.4) is 0 Å². The fraction of sp³-hybridized carbons (Fsp3) is 0.267. The first-order chi connectivity index (χ1) is 9.36. The summed E-state index contributed by atoms with van der Waals surface area (Å²) >= 11 is 0. The summed E-state index contributed by atoms with van der Waals surface area (Å²) in [7, 11) is 0. The first kappa shape index (κ1) is 12.1. The molecule has 0 spiro atoms. The third-order valence-electron chi connectivity index (χ3n) is 3.17. The van der Waals surface area contributed by atoms with Crippen molar-refractivity contribution in [3.05, 3.63) is 59.9 Å². The summed E-state index contributed by atoms with van der Waals surface area (Å²) in [6, 6.07) is 13.7. The second-order valence-corrected chi connectivity index (χ2v) is 4.74. The van der Waals surface area contributed by atoms with E-state index in [0.29, 0.717) is 6.10 Å². The van der Waals surface area contributed by atoms with E-state index in [4.69, 9.17) is 10.6 Å². The Morgan fingerprint density at radius 1 is 1.21 bits per heavy atom. The van der Waals surface area contributed by atoms with Gasteiger partial charge in [-0.05, 0) is 42.7 Å². The highest BCUT2D eigenvalue weighted by atomic mass is 16.5. The summed E-state index contributed by atoms with van der Waals surface area (Å²) in [6.07, 6.45) is 4.48. The monoisotopic (exact) mass is 255 g/mol. The zero-order valence-electron chi connectivity index (χ0n) is 10.6. The lowest BCUT2D eigenvalue weighted by molar-refractivity contribution is 0.302. The van der Waals surface area contributed by atoms with Gasteiger partial charge in [-0.1, -0.05) is 18.2 Å². The van der Waals surface area contributed by atoms with Crippen LogP contribution >= 0.6 is 0 Å². The van der Waals surface area contributed by atoms with E-state index < -0.39 is 0 Å². The molecule has 1 fully saturated rings. The Labute approximate surface area is 112 Å². The third-order valence-corrected chi connectivity index (χ3v) is 3.17. The van der Waals surface area contributed by atoms with Crippen LogP contribution in [-0.4, -0.2) is 11.1 Å². The molecule has 1 atom stereocenters. The van der Waals surface area contributed by atoms with Crippen LogP contribution in [0.5, 0.6) is 5.75 Å². The second kappa shape index (κ2) is 5.38. The van der Waals surface area contributed by atoms with Crippen molar-refractivity contribution in [2.75, 3.05) is 0 Å². The van der Waals surface area contributed by atoms with Crippen molar-refractivity contribution in [3.8, 4) is 5.75 Å². The van der Waals surface area contributed by atoms with Crippen LogP contribution in [0, 0.1) is 0 Å². The molecule has 3 N–H and O–H groups in total. The number of nitrogens with two attached hydrogens (primary N) is 1. The van der Waals surface area contributed by atoms with E-state index in [9.17, 15) is 0 Å². The Hall–Kier alpha value is -1.91. The maximum Gasteiger partial charge on any atom is 0.120 e. The number of hydrazine groups is 1. The summed E-state index contributed by atoms with van der Waals surface area (Å²) in [5, 5.41) is 0. The Balaban J connectivity index is 1.86. The smallest absolute Gasteiger partial charge is 0.120 e. The molecule has 0 aliphatic heterocycles. The lowest BCUT2D eigenvalue weighted by Crippen LogP contribution is -2.29. The van der Waals surface area contributed by atoms with Gasteiger partial charge in [0.15, 0.2) is 0 Å². The summed E-state index contributed by atoms with van der Waals surface area (Å²) in [5.41, 5.74) is 4.76. The molecule has 4 heteroatoms. The minimum absolute atomic E-state index is 0.121. The Kier molecular flexibility index (Phi) is 3.44. The molecule has 1 unspecified atom stereocenters. The molecule has 2 aromatic rings. The molecular weight excluding hydrogens is 238 g/mol.